The Balaban J connectivity index is 2.20. The molecular weight excluding hydrogens is 254 g/mol. The molecule has 8 nitrogen and oxygen atoms in total. The summed E-state index contributed by atoms with van der Waals surface area (Å²) >= 11 is 0. The molecule has 1 rings (SSSR count). The number of pyridine rings is 1. The number of carbonyl (C=O) groups excluding carboxylic acids is 2. The zero-order chi connectivity index (χ0) is 14.1. The second-order valence-electron chi connectivity index (χ2n) is 3.47. The number of imide groups is 1. The van der Waals surface area contributed by atoms with Crippen LogP contribution < -0.4 is 10.6 Å². The highest BCUT2D eigenvalue weighted by Gasteiger charge is 2.08. The van der Waals surface area contributed by atoms with Gasteiger partial charge in [-0.15, -0.1) is 0 Å². The average Bonchev–Trinajstić information content (AvgIpc) is 2.37. The third kappa shape index (κ3) is 6.74. The number of aliphatic carboxylic acids is 1. The summed E-state index contributed by atoms with van der Waals surface area (Å²) in [5.74, 6) is -1.90. The van der Waals surface area contributed by atoms with Crippen LogP contribution >= 0.6 is 0 Å². The van der Waals surface area contributed by atoms with Crippen molar-refractivity contribution < 1.29 is 24.2 Å². The van der Waals surface area contributed by atoms with Crippen LogP contribution in [0.1, 0.15) is 5.56 Å². The summed E-state index contributed by atoms with van der Waals surface area (Å²) in [5, 5.41) is 12.7. The second-order valence-corrected chi connectivity index (χ2v) is 3.47. The van der Waals surface area contributed by atoms with E-state index in [-0.39, 0.29) is 6.54 Å². The van der Waals surface area contributed by atoms with Crippen molar-refractivity contribution in [1.29, 1.82) is 0 Å². The van der Waals surface area contributed by atoms with E-state index in [0.717, 1.165) is 5.56 Å². The van der Waals surface area contributed by atoms with E-state index < -0.39 is 31.1 Å². The molecule has 0 aliphatic rings. The van der Waals surface area contributed by atoms with Gasteiger partial charge in [-0.25, -0.2) is 9.59 Å². The zero-order valence-electron chi connectivity index (χ0n) is 9.96. The molecule has 1 heterocycles. The lowest BCUT2D eigenvalue weighted by atomic mass is 10.3. The number of aromatic nitrogens is 1. The summed E-state index contributed by atoms with van der Waals surface area (Å²) in [7, 11) is 0. The normalized spacial score (nSPS) is 9.68. The fraction of sp³-hybridized carbons (Fsp3) is 0.273. The Morgan fingerprint density at radius 3 is 2.53 bits per heavy atom. The van der Waals surface area contributed by atoms with Crippen LogP contribution in [-0.2, 0) is 20.9 Å². The van der Waals surface area contributed by atoms with Crippen molar-refractivity contribution in [2.24, 2.45) is 0 Å². The van der Waals surface area contributed by atoms with E-state index in [4.69, 9.17) is 5.11 Å². The summed E-state index contributed by atoms with van der Waals surface area (Å²) in [5.41, 5.74) is 0.833. The molecule has 1 aromatic rings. The first-order chi connectivity index (χ1) is 9.08. The molecule has 0 aromatic carbocycles. The predicted octanol–water partition coefficient (Wildman–Crippen LogP) is -0.491. The fourth-order valence-electron chi connectivity index (χ4n) is 1.12. The molecule has 102 valence electrons. The van der Waals surface area contributed by atoms with E-state index >= 15 is 0 Å². The van der Waals surface area contributed by atoms with Gasteiger partial charge in [-0.3, -0.25) is 15.1 Å². The summed E-state index contributed by atoms with van der Waals surface area (Å²) < 4.78 is 4.52. The van der Waals surface area contributed by atoms with Crippen molar-refractivity contribution in [3.8, 4) is 0 Å². The molecule has 0 atom stereocenters. The number of nitrogens with zero attached hydrogens (tertiary/aromatic N) is 1. The Kier molecular flexibility index (Phi) is 5.96. The molecule has 0 bridgehead atoms. The maximum absolute atomic E-state index is 11.3. The van der Waals surface area contributed by atoms with Crippen LogP contribution in [-0.4, -0.2) is 41.2 Å². The van der Waals surface area contributed by atoms with Crippen LogP contribution in [0.25, 0.3) is 0 Å². The molecule has 0 spiro atoms. The highest BCUT2D eigenvalue weighted by Crippen LogP contribution is 1.94. The number of nitrogens with one attached hydrogen (secondary N) is 2. The van der Waals surface area contributed by atoms with Crippen LogP contribution in [0.2, 0.25) is 0 Å². The minimum absolute atomic E-state index is 0.248. The lowest BCUT2D eigenvalue weighted by molar-refractivity contribution is -0.143. The smallest absolute Gasteiger partial charge is 0.329 e. The van der Waals surface area contributed by atoms with Crippen LogP contribution in [0.3, 0.4) is 0 Å². The molecule has 3 N–H and O–H groups in total. The number of hydrogen-bond donors (Lipinski definition) is 3. The number of rotatable bonds is 6. The van der Waals surface area contributed by atoms with Crippen molar-refractivity contribution in [2.45, 2.75) is 6.54 Å². The molecule has 0 aliphatic carbocycles. The number of urea groups is 1. The van der Waals surface area contributed by atoms with E-state index in [2.05, 4.69) is 15.0 Å². The van der Waals surface area contributed by atoms with Crippen molar-refractivity contribution in [3.63, 3.8) is 0 Å². The molecule has 0 saturated heterocycles. The van der Waals surface area contributed by atoms with Gasteiger partial charge in [-0.1, -0.05) is 0 Å². The summed E-state index contributed by atoms with van der Waals surface area (Å²) in [6, 6.07) is 2.76. The maximum atomic E-state index is 11.3. The van der Waals surface area contributed by atoms with Crippen LogP contribution in [0.5, 0.6) is 0 Å². The van der Waals surface area contributed by atoms with Crippen molar-refractivity contribution in [2.75, 3.05) is 13.2 Å². The van der Waals surface area contributed by atoms with Gasteiger partial charge in [-0.05, 0) is 17.7 Å². The topological polar surface area (TPSA) is 118 Å². The van der Waals surface area contributed by atoms with E-state index in [1.807, 2.05) is 5.32 Å². The first kappa shape index (κ1) is 14.6. The van der Waals surface area contributed by atoms with Gasteiger partial charge in [0.1, 0.15) is 13.2 Å². The average molecular weight is 267 g/mol. The van der Waals surface area contributed by atoms with Crippen molar-refractivity contribution in [3.05, 3.63) is 30.1 Å². The summed E-state index contributed by atoms with van der Waals surface area (Å²) in [4.78, 5) is 36.4. The third-order valence-corrected chi connectivity index (χ3v) is 1.91. The highest BCUT2D eigenvalue weighted by molar-refractivity contribution is 5.94. The second kappa shape index (κ2) is 7.77. The largest absolute Gasteiger partial charge is 0.480 e. The third-order valence-electron chi connectivity index (χ3n) is 1.91. The molecule has 0 fully saturated rings. The molecule has 19 heavy (non-hydrogen) atoms. The minimum atomic E-state index is -1.19. The number of amides is 3. The summed E-state index contributed by atoms with van der Waals surface area (Å²) in [6.07, 6.45) is 3.17. The number of hydrogen-bond acceptors (Lipinski definition) is 5. The Morgan fingerprint density at radius 2 is 1.89 bits per heavy atom. The SMILES string of the molecule is O=C(O)COCC(=O)NC(=O)NCc1ccncc1. The first-order valence-electron chi connectivity index (χ1n) is 5.34. The highest BCUT2D eigenvalue weighted by atomic mass is 16.5. The lowest BCUT2D eigenvalue weighted by Crippen LogP contribution is -2.41. The monoisotopic (exact) mass is 267 g/mol. The standard InChI is InChI=1S/C11H13N3O5/c15-9(6-19-7-10(16)17)14-11(18)13-5-8-1-3-12-4-2-8/h1-4H,5-7H2,(H,16,17)(H2,13,14,15,18). The molecule has 1 aromatic heterocycles. The van der Waals surface area contributed by atoms with Crippen molar-refractivity contribution >= 4 is 17.9 Å². The fourth-order valence-corrected chi connectivity index (χ4v) is 1.12. The van der Waals surface area contributed by atoms with E-state index in [0.29, 0.717) is 0 Å². The Labute approximate surface area is 108 Å². The van der Waals surface area contributed by atoms with Gasteiger partial charge in [0.15, 0.2) is 0 Å². The number of ether oxygens (including phenoxy) is 1. The molecular formula is C11H13N3O5. The zero-order valence-corrected chi connectivity index (χ0v) is 9.96. The molecule has 0 unspecified atom stereocenters. The van der Waals surface area contributed by atoms with Crippen LogP contribution in [0.15, 0.2) is 24.5 Å². The van der Waals surface area contributed by atoms with E-state index in [9.17, 15) is 14.4 Å². The molecule has 0 radical (unpaired) electrons. The minimum Gasteiger partial charge on any atom is -0.480 e. The number of carboxylic acids is 1. The molecule has 3 amide bonds. The van der Waals surface area contributed by atoms with Crippen molar-refractivity contribution in [1.82, 2.24) is 15.6 Å². The Hall–Kier alpha value is -2.48. The Bertz CT molecular complexity index is 449. The number of carboxylic acid groups (broad SMARTS) is 1. The molecule has 8 heteroatoms. The molecule has 0 aliphatic heterocycles. The first-order valence-corrected chi connectivity index (χ1v) is 5.34. The summed E-state index contributed by atoms with van der Waals surface area (Å²) in [6.45, 7) is -0.835. The van der Waals surface area contributed by atoms with Gasteiger partial charge in [0.2, 0.25) is 0 Å². The Morgan fingerprint density at radius 1 is 1.21 bits per heavy atom. The predicted molar refractivity (Wildman–Crippen MR) is 63.1 cm³/mol. The van der Waals surface area contributed by atoms with Gasteiger partial charge in [0, 0.05) is 18.9 Å². The lowest BCUT2D eigenvalue weighted by Gasteiger charge is -2.06. The maximum Gasteiger partial charge on any atom is 0.329 e. The molecule has 0 saturated carbocycles. The van der Waals surface area contributed by atoms with Gasteiger partial charge in [-0.2, -0.15) is 0 Å². The van der Waals surface area contributed by atoms with E-state index in [1.165, 1.54) is 0 Å². The van der Waals surface area contributed by atoms with Gasteiger partial charge < -0.3 is 15.2 Å². The van der Waals surface area contributed by atoms with Gasteiger partial charge in [0.05, 0.1) is 0 Å². The van der Waals surface area contributed by atoms with Gasteiger partial charge >= 0.3 is 12.0 Å². The quantitative estimate of drug-likeness (QED) is 0.640. The van der Waals surface area contributed by atoms with Gasteiger partial charge in [0.25, 0.3) is 5.91 Å². The van der Waals surface area contributed by atoms with Crippen LogP contribution in [0.4, 0.5) is 4.79 Å². The van der Waals surface area contributed by atoms with E-state index in [1.54, 1.807) is 24.5 Å². The number of carbonyl (C=O) groups is 3. The van der Waals surface area contributed by atoms with Crippen LogP contribution in [0, 0.1) is 0 Å².